The van der Waals surface area contributed by atoms with Crippen LogP contribution in [0.15, 0.2) is 0 Å². The van der Waals surface area contributed by atoms with E-state index >= 15 is 0 Å². The Bertz CT molecular complexity index is 314. The van der Waals surface area contributed by atoms with E-state index in [-0.39, 0.29) is 12.4 Å². The molecular formula is C10H14O6. The Morgan fingerprint density at radius 1 is 1.62 bits per heavy atom. The molecule has 5 atom stereocenters. The lowest BCUT2D eigenvalue weighted by molar-refractivity contribution is -0.159. The molecule has 2 aliphatic rings. The van der Waals surface area contributed by atoms with Crippen LogP contribution in [-0.2, 0) is 23.8 Å². The van der Waals surface area contributed by atoms with E-state index in [0.29, 0.717) is 0 Å². The van der Waals surface area contributed by atoms with Crippen molar-refractivity contribution in [3.8, 4) is 0 Å². The molecule has 2 heterocycles. The quantitative estimate of drug-likeness (QED) is 0.637. The first-order valence-electron chi connectivity index (χ1n) is 5.19. The minimum Gasteiger partial charge on any atom is -0.460 e. The Kier molecular flexibility index (Phi) is 2.86. The van der Waals surface area contributed by atoms with Gasteiger partial charge in [-0.15, -0.1) is 0 Å². The summed E-state index contributed by atoms with van der Waals surface area (Å²) < 4.78 is 15.3. The third kappa shape index (κ3) is 1.90. The molecule has 0 unspecified atom stereocenters. The third-order valence-corrected chi connectivity index (χ3v) is 2.82. The van der Waals surface area contributed by atoms with Crippen molar-refractivity contribution < 1.29 is 28.9 Å². The molecule has 2 saturated heterocycles. The summed E-state index contributed by atoms with van der Waals surface area (Å²) in [6, 6.07) is 0. The van der Waals surface area contributed by atoms with Crippen molar-refractivity contribution in [1.29, 1.82) is 0 Å². The number of esters is 2. The zero-order chi connectivity index (χ0) is 11.9. The molecule has 0 saturated carbocycles. The van der Waals surface area contributed by atoms with E-state index in [9.17, 15) is 14.7 Å². The number of fused-ring (bicyclic) bond motifs is 1. The molecule has 0 aromatic rings. The predicted octanol–water partition coefficient (Wildman–Crippen LogP) is -0.618. The van der Waals surface area contributed by atoms with Crippen molar-refractivity contribution in [3.63, 3.8) is 0 Å². The first kappa shape index (κ1) is 11.3. The molecule has 6 heteroatoms. The van der Waals surface area contributed by atoms with Crippen LogP contribution >= 0.6 is 0 Å². The van der Waals surface area contributed by atoms with Crippen LogP contribution in [0.5, 0.6) is 0 Å². The van der Waals surface area contributed by atoms with Gasteiger partial charge < -0.3 is 19.3 Å². The van der Waals surface area contributed by atoms with Gasteiger partial charge in [-0.25, -0.2) is 0 Å². The van der Waals surface area contributed by atoms with Gasteiger partial charge in [-0.05, 0) is 6.92 Å². The van der Waals surface area contributed by atoms with Crippen molar-refractivity contribution in [2.75, 3.05) is 0 Å². The fourth-order valence-electron chi connectivity index (χ4n) is 2.16. The topological polar surface area (TPSA) is 82.1 Å². The van der Waals surface area contributed by atoms with Gasteiger partial charge >= 0.3 is 11.9 Å². The van der Waals surface area contributed by atoms with Crippen molar-refractivity contribution in [1.82, 2.24) is 0 Å². The molecular weight excluding hydrogens is 216 g/mol. The van der Waals surface area contributed by atoms with Crippen molar-refractivity contribution in [2.24, 2.45) is 0 Å². The number of hydrogen-bond acceptors (Lipinski definition) is 6. The lowest BCUT2D eigenvalue weighted by Gasteiger charge is -2.22. The van der Waals surface area contributed by atoms with Crippen LogP contribution in [-0.4, -0.2) is 47.6 Å². The van der Waals surface area contributed by atoms with Crippen LogP contribution < -0.4 is 0 Å². The van der Waals surface area contributed by atoms with E-state index in [4.69, 9.17) is 14.2 Å². The largest absolute Gasteiger partial charge is 0.460 e. The van der Waals surface area contributed by atoms with Gasteiger partial charge in [-0.1, -0.05) is 0 Å². The van der Waals surface area contributed by atoms with Gasteiger partial charge in [0.1, 0.15) is 24.4 Å². The normalized spacial score (nSPS) is 39.1. The number of aliphatic hydroxyl groups is 1. The highest BCUT2D eigenvalue weighted by Gasteiger charge is 2.53. The minimum atomic E-state index is -0.939. The summed E-state index contributed by atoms with van der Waals surface area (Å²) in [5.74, 6) is -0.801. The number of ether oxygens (including phenoxy) is 3. The van der Waals surface area contributed by atoms with E-state index in [1.807, 2.05) is 0 Å². The maximum atomic E-state index is 11.0. The third-order valence-electron chi connectivity index (χ3n) is 2.82. The molecule has 0 aromatic carbocycles. The van der Waals surface area contributed by atoms with Gasteiger partial charge in [-0.2, -0.15) is 0 Å². The standard InChI is InChI=1S/C10H14O6/c1-4(14-5(2)11)9-8(13)10-6(15-9)3-7(12)16-10/h4,6,8-10,13H,3H2,1-2H3/t4-,6-,8+,9+,10+/m0/s1. The van der Waals surface area contributed by atoms with Gasteiger partial charge in [-0.3, -0.25) is 9.59 Å². The van der Waals surface area contributed by atoms with Gasteiger partial charge in [0, 0.05) is 6.92 Å². The molecule has 0 bridgehead atoms. The van der Waals surface area contributed by atoms with E-state index in [2.05, 4.69) is 0 Å². The molecule has 0 radical (unpaired) electrons. The van der Waals surface area contributed by atoms with Crippen LogP contribution in [0.2, 0.25) is 0 Å². The first-order chi connectivity index (χ1) is 7.49. The van der Waals surface area contributed by atoms with Crippen molar-refractivity contribution in [3.05, 3.63) is 0 Å². The fraction of sp³-hybridized carbons (Fsp3) is 0.800. The van der Waals surface area contributed by atoms with Crippen LogP contribution in [0.3, 0.4) is 0 Å². The number of carbonyl (C=O) groups is 2. The molecule has 0 amide bonds. The molecule has 16 heavy (non-hydrogen) atoms. The van der Waals surface area contributed by atoms with Crippen LogP contribution in [0, 0.1) is 0 Å². The molecule has 0 aromatic heterocycles. The highest BCUT2D eigenvalue weighted by Crippen LogP contribution is 2.33. The number of aliphatic hydroxyl groups excluding tert-OH is 1. The monoisotopic (exact) mass is 230 g/mol. The molecule has 2 aliphatic heterocycles. The Hall–Kier alpha value is -1.14. The van der Waals surface area contributed by atoms with E-state index < -0.39 is 36.5 Å². The van der Waals surface area contributed by atoms with E-state index in [1.165, 1.54) is 6.92 Å². The van der Waals surface area contributed by atoms with Gasteiger partial charge in [0.05, 0.1) is 6.42 Å². The first-order valence-corrected chi connectivity index (χ1v) is 5.19. The molecule has 2 rings (SSSR count). The summed E-state index contributed by atoms with van der Waals surface area (Å²) >= 11 is 0. The summed E-state index contributed by atoms with van der Waals surface area (Å²) in [5.41, 5.74) is 0. The average molecular weight is 230 g/mol. The maximum absolute atomic E-state index is 11.0. The molecule has 1 N–H and O–H groups in total. The second-order valence-corrected chi connectivity index (χ2v) is 4.10. The fourth-order valence-corrected chi connectivity index (χ4v) is 2.16. The zero-order valence-electron chi connectivity index (χ0n) is 9.08. The number of carbonyl (C=O) groups excluding carboxylic acids is 2. The minimum absolute atomic E-state index is 0.144. The lowest BCUT2D eigenvalue weighted by Crippen LogP contribution is -2.40. The SMILES string of the molecule is CC(=O)O[C@@H](C)[C@H]1O[C@H]2CC(=O)O[C@H]2[C@@H]1O. The van der Waals surface area contributed by atoms with Crippen molar-refractivity contribution in [2.45, 2.75) is 50.8 Å². The van der Waals surface area contributed by atoms with Gasteiger partial charge in [0.25, 0.3) is 0 Å². The van der Waals surface area contributed by atoms with E-state index in [1.54, 1.807) is 6.92 Å². The van der Waals surface area contributed by atoms with Gasteiger partial charge in [0.15, 0.2) is 6.10 Å². The zero-order valence-corrected chi connectivity index (χ0v) is 9.08. The lowest BCUT2D eigenvalue weighted by atomic mass is 10.0. The smallest absolute Gasteiger partial charge is 0.309 e. The average Bonchev–Trinajstić information content (AvgIpc) is 2.64. The summed E-state index contributed by atoms with van der Waals surface area (Å²) in [6.45, 7) is 2.93. The van der Waals surface area contributed by atoms with Crippen LogP contribution in [0.1, 0.15) is 20.3 Å². The molecule has 90 valence electrons. The van der Waals surface area contributed by atoms with E-state index in [0.717, 1.165) is 0 Å². The molecule has 0 spiro atoms. The Labute approximate surface area is 92.5 Å². The van der Waals surface area contributed by atoms with Crippen LogP contribution in [0.25, 0.3) is 0 Å². The second-order valence-electron chi connectivity index (χ2n) is 4.10. The summed E-state index contributed by atoms with van der Waals surface area (Å²) in [5, 5.41) is 9.87. The van der Waals surface area contributed by atoms with Gasteiger partial charge in [0.2, 0.25) is 0 Å². The second kappa shape index (κ2) is 4.03. The highest BCUT2D eigenvalue weighted by atomic mass is 16.6. The summed E-state index contributed by atoms with van der Waals surface area (Å²) in [7, 11) is 0. The Balaban J connectivity index is 2.00. The van der Waals surface area contributed by atoms with Crippen LogP contribution in [0.4, 0.5) is 0 Å². The summed E-state index contributed by atoms with van der Waals surface area (Å²) in [6.07, 6.45) is -3.04. The molecule has 2 fully saturated rings. The number of hydrogen-bond donors (Lipinski definition) is 1. The predicted molar refractivity (Wildman–Crippen MR) is 50.4 cm³/mol. The summed E-state index contributed by atoms with van der Waals surface area (Å²) in [4.78, 5) is 21.7. The van der Waals surface area contributed by atoms with Crippen molar-refractivity contribution >= 4 is 11.9 Å². The Morgan fingerprint density at radius 3 is 2.88 bits per heavy atom. The highest BCUT2D eigenvalue weighted by molar-refractivity contribution is 5.73. The molecule has 0 aliphatic carbocycles. The molecule has 6 nitrogen and oxygen atoms in total. The maximum Gasteiger partial charge on any atom is 0.309 e. The Morgan fingerprint density at radius 2 is 2.31 bits per heavy atom. The number of rotatable bonds is 2.